The molecule has 0 aliphatic heterocycles. The zero-order chi connectivity index (χ0) is 12.7. The minimum Gasteiger partial charge on any atom is -0.353 e. The SMILES string of the molecule is CCCNC(=O)/C=C/c1ccc(C(C)C)cc1. The van der Waals surface area contributed by atoms with Gasteiger partial charge in [0.15, 0.2) is 0 Å². The van der Waals surface area contributed by atoms with Gasteiger partial charge >= 0.3 is 0 Å². The molecule has 0 spiro atoms. The standard InChI is InChI=1S/C15H21NO/c1-4-11-16-15(17)10-7-13-5-8-14(9-6-13)12(2)3/h5-10,12H,4,11H2,1-3H3,(H,16,17)/b10-7+. The molecule has 0 fully saturated rings. The third-order valence-corrected chi connectivity index (χ3v) is 2.58. The highest BCUT2D eigenvalue weighted by Gasteiger charge is 1.97. The number of benzene rings is 1. The molecule has 1 N–H and O–H groups in total. The normalized spacial score (nSPS) is 11.1. The fourth-order valence-electron chi connectivity index (χ4n) is 1.47. The molecule has 1 aromatic rings. The number of carbonyl (C=O) groups excluding carboxylic acids is 1. The molecule has 0 aliphatic rings. The Morgan fingerprint density at radius 1 is 1.29 bits per heavy atom. The van der Waals surface area contributed by atoms with Gasteiger partial charge in [-0.25, -0.2) is 0 Å². The average molecular weight is 231 g/mol. The lowest BCUT2D eigenvalue weighted by Gasteiger charge is -2.04. The Balaban J connectivity index is 2.56. The van der Waals surface area contributed by atoms with Gasteiger partial charge in [-0.15, -0.1) is 0 Å². The number of hydrogen-bond donors (Lipinski definition) is 1. The van der Waals surface area contributed by atoms with E-state index < -0.39 is 0 Å². The Bertz CT molecular complexity index is 376. The molecule has 2 nitrogen and oxygen atoms in total. The molecule has 0 saturated carbocycles. The number of nitrogens with one attached hydrogen (secondary N) is 1. The first-order valence-electron chi connectivity index (χ1n) is 6.19. The molecular formula is C15H21NO. The largest absolute Gasteiger partial charge is 0.353 e. The minimum atomic E-state index is -0.0280. The molecule has 1 rings (SSSR count). The van der Waals surface area contributed by atoms with Crippen molar-refractivity contribution in [3.8, 4) is 0 Å². The van der Waals surface area contributed by atoms with E-state index in [4.69, 9.17) is 0 Å². The van der Waals surface area contributed by atoms with Gasteiger partial charge in [-0.1, -0.05) is 45.0 Å². The van der Waals surface area contributed by atoms with Crippen LogP contribution in [0.4, 0.5) is 0 Å². The number of hydrogen-bond acceptors (Lipinski definition) is 1. The van der Waals surface area contributed by atoms with Crippen molar-refractivity contribution in [2.75, 3.05) is 6.54 Å². The third kappa shape index (κ3) is 4.85. The van der Waals surface area contributed by atoms with Gasteiger partial charge in [0.25, 0.3) is 0 Å². The monoisotopic (exact) mass is 231 g/mol. The molecule has 2 heteroatoms. The maximum atomic E-state index is 11.4. The van der Waals surface area contributed by atoms with E-state index in [9.17, 15) is 4.79 Å². The van der Waals surface area contributed by atoms with Crippen LogP contribution in [-0.4, -0.2) is 12.5 Å². The molecule has 92 valence electrons. The molecule has 0 aromatic heterocycles. The third-order valence-electron chi connectivity index (χ3n) is 2.58. The van der Waals surface area contributed by atoms with Crippen molar-refractivity contribution < 1.29 is 4.79 Å². The highest BCUT2D eigenvalue weighted by atomic mass is 16.1. The number of amides is 1. The van der Waals surface area contributed by atoms with E-state index in [1.165, 1.54) is 5.56 Å². The molecule has 0 bridgehead atoms. The highest BCUT2D eigenvalue weighted by molar-refractivity contribution is 5.91. The van der Waals surface area contributed by atoms with Gasteiger partial charge in [-0.05, 0) is 29.5 Å². The lowest BCUT2D eigenvalue weighted by Crippen LogP contribution is -2.21. The predicted octanol–water partition coefficient (Wildman–Crippen LogP) is 3.35. The summed E-state index contributed by atoms with van der Waals surface area (Å²) in [5, 5.41) is 2.81. The Morgan fingerprint density at radius 2 is 1.94 bits per heavy atom. The Morgan fingerprint density at radius 3 is 2.47 bits per heavy atom. The Labute approximate surface area is 104 Å². The Hall–Kier alpha value is -1.57. The highest BCUT2D eigenvalue weighted by Crippen LogP contribution is 2.15. The van der Waals surface area contributed by atoms with Crippen molar-refractivity contribution in [1.29, 1.82) is 0 Å². The first kappa shape index (κ1) is 13.5. The van der Waals surface area contributed by atoms with Gasteiger partial charge < -0.3 is 5.32 Å². The van der Waals surface area contributed by atoms with Crippen LogP contribution in [0.5, 0.6) is 0 Å². The van der Waals surface area contributed by atoms with Crippen LogP contribution in [0.25, 0.3) is 6.08 Å². The second-order valence-corrected chi connectivity index (χ2v) is 4.45. The van der Waals surface area contributed by atoms with Crippen LogP contribution in [-0.2, 0) is 4.79 Å². The maximum absolute atomic E-state index is 11.4. The molecule has 0 atom stereocenters. The van der Waals surface area contributed by atoms with E-state index in [-0.39, 0.29) is 5.91 Å². The van der Waals surface area contributed by atoms with E-state index in [0.717, 1.165) is 18.5 Å². The number of rotatable bonds is 5. The summed E-state index contributed by atoms with van der Waals surface area (Å²) in [6.45, 7) is 7.11. The summed E-state index contributed by atoms with van der Waals surface area (Å²) >= 11 is 0. The molecular weight excluding hydrogens is 210 g/mol. The van der Waals surface area contributed by atoms with E-state index in [1.807, 2.05) is 25.1 Å². The van der Waals surface area contributed by atoms with E-state index in [1.54, 1.807) is 6.08 Å². The Kier molecular flexibility index (Phi) is 5.47. The minimum absolute atomic E-state index is 0.0280. The quantitative estimate of drug-likeness (QED) is 0.774. The molecule has 1 aromatic carbocycles. The van der Waals surface area contributed by atoms with E-state index in [0.29, 0.717) is 5.92 Å². The summed E-state index contributed by atoms with van der Waals surface area (Å²) in [4.78, 5) is 11.4. The van der Waals surface area contributed by atoms with Crippen LogP contribution in [0.3, 0.4) is 0 Å². The first-order chi connectivity index (χ1) is 8.13. The smallest absolute Gasteiger partial charge is 0.243 e. The summed E-state index contributed by atoms with van der Waals surface area (Å²) in [6, 6.07) is 8.29. The van der Waals surface area contributed by atoms with Gasteiger partial charge in [0.2, 0.25) is 5.91 Å². The molecule has 17 heavy (non-hydrogen) atoms. The number of carbonyl (C=O) groups is 1. The fourth-order valence-corrected chi connectivity index (χ4v) is 1.47. The van der Waals surface area contributed by atoms with E-state index in [2.05, 4.69) is 31.3 Å². The summed E-state index contributed by atoms with van der Waals surface area (Å²) in [5.41, 5.74) is 2.37. The zero-order valence-corrected chi connectivity index (χ0v) is 10.9. The molecule has 1 amide bonds. The van der Waals surface area contributed by atoms with E-state index >= 15 is 0 Å². The molecule has 0 unspecified atom stereocenters. The van der Waals surface area contributed by atoms with Crippen LogP contribution in [0.1, 0.15) is 44.2 Å². The van der Waals surface area contributed by atoms with Crippen LogP contribution < -0.4 is 5.32 Å². The predicted molar refractivity (Wildman–Crippen MR) is 72.9 cm³/mol. The second-order valence-electron chi connectivity index (χ2n) is 4.45. The maximum Gasteiger partial charge on any atom is 0.243 e. The molecule has 0 aliphatic carbocycles. The van der Waals surface area contributed by atoms with Crippen LogP contribution in [0.2, 0.25) is 0 Å². The molecule has 0 radical (unpaired) electrons. The van der Waals surface area contributed by atoms with Gasteiger partial charge in [0.1, 0.15) is 0 Å². The first-order valence-corrected chi connectivity index (χ1v) is 6.19. The van der Waals surface area contributed by atoms with Crippen molar-refractivity contribution in [3.05, 3.63) is 41.5 Å². The van der Waals surface area contributed by atoms with Gasteiger partial charge in [-0.3, -0.25) is 4.79 Å². The van der Waals surface area contributed by atoms with Gasteiger partial charge in [0, 0.05) is 12.6 Å². The van der Waals surface area contributed by atoms with Crippen LogP contribution >= 0.6 is 0 Å². The van der Waals surface area contributed by atoms with Crippen molar-refractivity contribution in [1.82, 2.24) is 5.32 Å². The topological polar surface area (TPSA) is 29.1 Å². The second kappa shape index (κ2) is 6.89. The molecule has 0 saturated heterocycles. The van der Waals surface area contributed by atoms with Crippen molar-refractivity contribution in [3.63, 3.8) is 0 Å². The summed E-state index contributed by atoms with van der Waals surface area (Å²) in [5.74, 6) is 0.515. The lowest BCUT2D eigenvalue weighted by atomic mass is 10.0. The summed E-state index contributed by atoms with van der Waals surface area (Å²) < 4.78 is 0. The van der Waals surface area contributed by atoms with Crippen LogP contribution in [0, 0.1) is 0 Å². The van der Waals surface area contributed by atoms with Crippen molar-refractivity contribution >= 4 is 12.0 Å². The molecule has 0 heterocycles. The fraction of sp³-hybridized carbons (Fsp3) is 0.400. The summed E-state index contributed by atoms with van der Waals surface area (Å²) in [7, 11) is 0. The van der Waals surface area contributed by atoms with Crippen molar-refractivity contribution in [2.24, 2.45) is 0 Å². The van der Waals surface area contributed by atoms with Crippen LogP contribution in [0.15, 0.2) is 30.3 Å². The average Bonchev–Trinajstić information content (AvgIpc) is 2.34. The van der Waals surface area contributed by atoms with Crippen molar-refractivity contribution in [2.45, 2.75) is 33.1 Å². The lowest BCUT2D eigenvalue weighted by molar-refractivity contribution is -0.116. The summed E-state index contributed by atoms with van der Waals surface area (Å²) in [6.07, 6.45) is 4.39. The zero-order valence-electron chi connectivity index (χ0n) is 10.9. The van der Waals surface area contributed by atoms with Gasteiger partial charge in [0.05, 0.1) is 0 Å². The van der Waals surface area contributed by atoms with Gasteiger partial charge in [-0.2, -0.15) is 0 Å².